The topological polar surface area (TPSA) is 96.0 Å². The van der Waals surface area contributed by atoms with Crippen molar-refractivity contribution in [3.63, 3.8) is 0 Å². The van der Waals surface area contributed by atoms with Crippen LogP contribution in [-0.2, 0) is 10.5 Å². The van der Waals surface area contributed by atoms with Crippen molar-refractivity contribution in [1.82, 2.24) is 5.01 Å². The molecule has 0 aliphatic carbocycles. The second kappa shape index (κ2) is 4.98. The summed E-state index contributed by atoms with van der Waals surface area (Å²) in [5.74, 6) is -0.537. The van der Waals surface area contributed by atoms with Crippen LogP contribution in [0.25, 0.3) is 0 Å². The molecule has 0 saturated carbocycles. The van der Waals surface area contributed by atoms with E-state index in [4.69, 9.17) is 0 Å². The van der Waals surface area contributed by atoms with Crippen molar-refractivity contribution in [3.8, 4) is 0 Å². The minimum Gasteiger partial charge on any atom is -0.365 e. The van der Waals surface area contributed by atoms with Gasteiger partial charge in [0.1, 0.15) is 0 Å². The Morgan fingerprint density at radius 2 is 2.16 bits per heavy atom. The normalized spacial score (nSPS) is 21.7. The number of benzene rings is 1. The van der Waals surface area contributed by atoms with Crippen LogP contribution in [-0.4, -0.2) is 32.9 Å². The highest BCUT2D eigenvalue weighted by molar-refractivity contribution is 7.81. The van der Waals surface area contributed by atoms with Crippen LogP contribution >= 0.6 is 12.6 Å². The van der Waals surface area contributed by atoms with Crippen LogP contribution in [0.1, 0.15) is 12.0 Å². The summed E-state index contributed by atoms with van der Waals surface area (Å²) < 4.78 is 0. The summed E-state index contributed by atoms with van der Waals surface area (Å²) in [5.41, 5.74) is -1.32. The Balaban J connectivity index is 2.34. The van der Waals surface area contributed by atoms with Crippen molar-refractivity contribution < 1.29 is 14.8 Å². The lowest BCUT2D eigenvalue weighted by molar-refractivity contribution is -0.384. The van der Waals surface area contributed by atoms with E-state index in [1.54, 1.807) is 0 Å². The first-order valence-electron chi connectivity index (χ1n) is 5.42. The summed E-state index contributed by atoms with van der Waals surface area (Å²) in [6, 6.07) is 5.36. The van der Waals surface area contributed by atoms with Gasteiger partial charge in [-0.25, -0.2) is 0 Å². The van der Waals surface area contributed by atoms with Crippen molar-refractivity contribution >= 4 is 30.4 Å². The maximum Gasteiger partial charge on any atom is 0.269 e. The molecule has 0 fully saturated rings. The van der Waals surface area contributed by atoms with E-state index in [1.807, 2.05) is 0 Å². The average molecular weight is 281 g/mol. The van der Waals surface area contributed by atoms with Gasteiger partial charge in [0.2, 0.25) is 0 Å². The van der Waals surface area contributed by atoms with Gasteiger partial charge in [0, 0.05) is 30.3 Å². The zero-order valence-electron chi connectivity index (χ0n) is 9.76. The fourth-order valence-corrected chi connectivity index (χ4v) is 1.99. The number of nitro groups is 1. The monoisotopic (exact) mass is 281 g/mol. The number of nitrogens with zero attached hydrogens (tertiary/aromatic N) is 3. The van der Waals surface area contributed by atoms with Crippen LogP contribution in [0.15, 0.2) is 29.4 Å². The molecule has 0 aromatic heterocycles. The Morgan fingerprint density at radius 3 is 2.68 bits per heavy atom. The molecule has 0 radical (unpaired) electrons. The number of hydrogen-bond donors (Lipinski definition) is 2. The van der Waals surface area contributed by atoms with Crippen molar-refractivity contribution in [2.75, 3.05) is 5.75 Å². The molecular weight excluding hydrogens is 270 g/mol. The van der Waals surface area contributed by atoms with E-state index >= 15 is 0 Å². The van der Waals surface area contributed by atoms with Gasteiger partial charge in [0.15, 0.2) is 5.72 Å². The van der Waals surface area contributed by atoms with Crippen molar-refractivity contribution in [3.05, 3.63) is 39.9 Å². The Kier molecular flexibility index (Phi) is 3.54. The van der Waals surface area contributed by atoms with Gasteiger partial charge in [-0.2, -0.15) is 22.7 Å². The van der Waals surface area contributed by atoms with E-state index < -0.39 is 16.6 Å². The highest BCUT2D eigenvalue weighted by Crippen LogP contribution is 2.33. The molecule has 1 aliphatic heterocycles. The molecule has 1 N–H and O–H groups in total. The quantitative estimate of drug-likeness (QED) is 0.488. The van der Waals surface area contributed by atoms with E-state index in [1.165, 1.54) is 30.5 Å². The standard InChI is InChI=1S/C11H11N3O4S/c15-10(7-19)13-11(16,5-6-12-13)8-1-3-9(4-2-8)14(17)18/h1-4,6,16,19H,5,7H2. The number of carbonyl (C=O) groups excluding carboxylic acids is 1. The number of carbonyl (C=O) groups is 1. The number of hydrazone groups is 1. The summed E-state index contributed by atoms with van der Waals surface area (Å²) in [6.07, 6.45) is 1.55. The molecule has 1 aromatic carbocycles. The van der Waals surface area contributed by atoms with Gasteiger partial charge in [-0.3, -0.25) is 14.9 Å². The summed E-state index contributed by atoms with van der Waals surface area (Å²) >= 11 is 3.86. The minimum absolute atomic E-state index is 0.0849. The molecule has 1 aliphatic rings. The van der Waals surface area contributed by atoms with Crippen LogP contribution < -0.4 is 0 Å². The van der Waals surface area contributed by atoms with Crippen molar-refractivity contribution in [2.24, 2.45) is 5.10 Å². The van der Waals surface area contributed by atoms with Gasteiger partial charge in [-0.05, 0) is 12.1 Å². The number of nitro benzene ring substituents is 1. The molecule has 0 saturated heterocycles. The maximum absolute atomic E-state index is 11.6. The molecule has 19 heavy (non-hydrogen) atoms. The molecule has 2 rings (SSSR count). The maximum atomic E-state index is 11.6. The minimum atomic E-state index is -1.60. The molecule has 1 amide bonds. The number of aliphatic hydroxyl groups is 1. The number of thiol groups is 1. The summed E-state index contributed by atoms with van der Waals surface area (Å²) in [4.78, 5) is 21.7. The zero-order valence-corrected chi connectivity index (χ0v) is 10.7. The largest absolute Gasteiger partial charge is 0.365 e. The fourth-order valence-electron chi connectivity index (χ4n) is 1.86. The van der Waals surface area contributed by atoms with Gasteiger partial charge < -0.3 is 5.11 Å². The number of rotatable bonds is 3. The number of hydrogen-bond acceptors (Lipinski definition) is 6. The van der Waals surface area contributed by atoms with Crippen LogP contribution in [0.5, 0.6) is 0 Å². The Labute approximate surface area is 114 Å². The van der Waals surface area contributed by atoms with E-state index in [2.05, 4.69) is 17.7 Å². The van der Waals surface area contributed by atoms with E-state index in [-0.39, 0.29) is 17.9 Å². The molecule has 8 heteroatoms. The second-order valence-electron chi connectivity index (χ2n) is 3.99. The van der Waals surface area contributed by atoms with E-state index in [0.29, 0.717) is 5.56 Å². The third-order valence-corrected chi connectivity index (χ3v) is 3.11. The van der Waals surface area contributed by atoms with Gasteiger partial charge in [-0.15, -0.1) is 0 Å². The fraction of sp³-hybridized carbons (Fsp3) is 0.273. The smallest absolute Gasteiger partial charge is 0.269 e. The van der Waals surface area contributed by atoms with Gasteiger partial charge >= 0.3 is 0 Å². The Hall–Kier alpha value is -1.93. The molecule has 1 heterocycles. The molecule has 0 spiro atoms. The molecule has 1 unspecified atom stereocenters. The van der Waals surface area contributed by atoms with Crippen molar-refractivity contribution in [2.45, 2.75) is 12.1 Å². The lowest BCUT2D eigenvalue weighted by Crippen LogP contribution is -2.43. The molecule has 1 atom stereocenters. The molecule has 0 bridgehead atoms. The second-order valence-corrected chi connectivity index (χ2v) is 4.30. The molecule has 100 valence electrons. The zero-order chi connectivity index (χ0) is 14.0. The molecule has 7 nitrogen and oxygen atoms in total. The van der Waals surface area contributed by atoms with Crippen LogP contribution in [0.2, 0.25) is 0 Å². The van der Waals surface area contributed by atoms with Crippen molar-refractivity contribution in [1.29, 1.82) is 0 Å². The summed E-state index contributed by atoms with van der Waals surface area (Å²) in [5, 5.41) is 25.9. The van der Waals surface area contributed by atoms with E-state index in [0.717, 1.165) is 5.01 Å². The number of amides is 1. The molecular formula is C11H11N3O4S. The predicted octanol–water partition coefficient (Wildman–Crippen LogP) is 0.888. The van der Waals surface area contributed by atoms with Gasteiger partial charge in [-0.1, -0.05) is 0 Å². The lowest BCUT2D eigenvalue weighted by atomic mass is 9.99. The van der Waals surface area contributed by atoms with Crippen LogP contribution in [0, 0.1) is 10.1 Å². The first-order chi connectivity index (χ1) is 8.99. The van der Waals surface area contributed by atoms with Gasteiger partial charge in [0.05, 0.1) is 10.7 Å². The Bertz CT molecular complexity index is 545. The van der Waals surface area contributed by atoms with Gasteiger partial charge in [0.25, 0.3) is 11.6 Å². The average Bonchev–Trinajstić information content (AvgIpc) is 2.81. The first-order valence-corrected chi connectivity index (χ1v) is 6.06. The highest BCUT2D eigenvalue weighted by Gasteiger charge is 2.42. The van der Waals surface area contributed by atoms with Crippen LogP contribution in [0.3, 0.4) is 0 Å². The first kappa shape index (κ1) is 13.5. The number of non-ortho nitro benzene ring substituents is 1. The SMILES string of the molecule is O=C(CS)N1N=CCC1(O)c1ccc([N+](=O)[O-])cc1. The lowest BCUT2D eigenvalue weighted by Gasteiger charge is -2.31. The third kappa shape index (κ3) is 2.32. The summed E-state index contributed by atoms with van der Waals surface area (Å²) in [7, 11) is 0. The molecule has 1 aromatic rings. The Morgan fingerprint density at radius 1 is 1.53 bits per heavy atom. The predicted molar refractivity (Wildman–Crippen MR) is 70.8 cm³/mol. The highest BCUT2D eigenvalue weighted by atomic mass is 32.1. The third-order valence-electron chi connectivity index (χ3n) is 2.84. The summed E-state index contributed by atoms with van der Waals surface area (Å²) in [6.45, 7) is 0. The van der Waals surface area contributed by atoms with Crippen LogP contribution in [0.4, 0.5) is 5.69 Å². The van der Waals surface area contributed by atoms with E-state index in [9.17, 15) is 20.0 Å².